The molecule has 8 heteroatoms. The number of sulfonamides is 1. The maximum Gasteiger partial charge on any atom is 0.262 e. The van der Waals surface area contributed by atoms with Gasteiger partial charge in [-0.15, -0.1) is 0 Å². The number of pyridine rings is 1. The van der Waals surface area contributed by atoms with Crippen molar-refractivity contribution in [2.45, 2.75) is 18.7 Å². The molecule has 2 aromatic rings. The fraction of sp³-hybridized carbons (Fsp3) is 0.421. The summed E-state index contributed by atoms with van der Waals surface area (Å²) in [6.07, 6.45) is 1.57. The van der Waals surface area contributed by atoms with Crippen LogP contribution in [0.2, 0.25) is 0 Å². The monoisotopic (exact) mass is 390 g/mol. The van der Waals surface area contributed by atoms with Crippen molar-refractivity contribution >= 4 is 21.5 Å². The van der Waals surface area contributed by atoms with Crippen LogP contribution in [-0.2, 0) is 10.0 Å². The molecule has 1 aromatic carbocycles. The normalized spacial score (nSPS) is 15.6. The lowest BCUT2D eigenvalue weighted by atomic mass is 10.2. The number of ether oxygens (including phenoxy) is 1. The summed E-state index contributed by atoms with van der Waals surface area (Å²) in [5.41, 5.74) is 1.07. The Morgan fingerprint density at radius 1 is 1.15 bits per heavy atom. The molecule has 0 atom stereocenters. The van der Waals surface area contributed by atoms with Crippen LogP contribution >= 0.6 is 0 Å². The number of aromatic nitrogens is 1. The standard InChI is InChI=1S/C19H26N4O3S/c1-4-22-9-11-23(12-10-22)19-8-5-16(14-20-19)21-27(24,25)18-7-6-17(26-3)13-15(18)2/h5-8,13-14,21H,4,9-12H2,1-3H3. The summed E-state index contributed by atoms with van der Waals surface area (Å²) in [6, 6.07) is 8.50. The average molecular weight is 391 g/mol. The zero-order chi connectivity index (χ0) is 19.4. The highest BCUT2D eigenvalue weighted by atomic mass is 32.2. The molecule has 1 aliphatic heterocycles. The van der Waals surface area contributed by atoms with Crippen molar-refractivity contribution < 1.29 is 13.2 Å². The van der Waals surface area contributed by atoms with Gasteiger partial charge in [0.05, 0.1) is 23.9 Å². The number of aryl methyl sites for hydroxylation is 1. The van der Waals surface area contributed by atoms with Crippen molar-refractivity contribution in [1.29, 1.82) is 0 Å². The van der Waals surface area contributed by atoms with Crippen molar-refractivity contribution in [3.8, 4) is 5.75 Å². The minimum absolute atomic E-state index is 0.225. The molecule has 0 saturated carbocycles. The highest BCUT2D eigenvalue weighted by Crippen LogP contribution is 2.24. The average Bonchev–Trinajstić information content (AvgIpc) is 2.68. The Kier molecular flexibility index (Phi) is 5.86. The summed E-state index contributed by atoms with van der Waals surface area (Å²) in [5.74, 6) is 1.50. The van der Waals surface area contributed by atoms with E-state index in [0.29, 0.717) is 17.0 Å². The largest absolute Gasteiger partial charge is 0.497 e. The maximum absolute atomic E-state index is 12.7. The van der Waals surface area contributed by atoms with Crippen LogP contribution in [0, 0.1) is 6.92 Å². The van der Waals surface area contributed by atoms with Crippen molar-refractivity contribution in [3.05, 3.63) is 42.1 Å². The smallest absolute Gasteiger partial charge is 0.262 e. The van der Waals surface area contributed by atoms with Gasteiger partial charge in [-0.1, -0.05) is 6.92 Å². The van der Waals surface area contributed by atoms with Crippen LogP contribution in [0.3, 0.4) is 0 Å². The lowest BCUT2D eigenvalue weighted by Crippen LogP contribution is -2.46. The second kappa shape index (κ2) is 8.14. The molecule has 0 spiro atoms. The first-order chi connectivity index (χ1) is 12.9. The van der Waals surface area contributed by atoms with Gasteiger partial charge < -0.3 is 14.5 Å². The SMILES string of the molecule is CCN1CCN(c2ccc(NS(=O)(=O)c3ccc(OC)cc3C)cn2)CC1. The summed E-state index contributed by atoms with van der Waals surface area (Å²) in [6.45, 7) is 8.86. The quantitative estimate of drug-likeness (QED) is 0.816. The summed E-state index contributed by atoms with van der Waals surface area (Å²) in [4.78, 5) is 9.29. The topological polar surface area (TPSA) is 74.8 Å². The number of methoxy groups -OCH3 is 1. The van der Waals surface area contributed by atoms with E-state index in [0.717, 1.165) is 38.5 Å². The Labute approximate surface area is 161 Å². The summed E-state index contributed by atoms with van der Waals surface area (Å²) >= 11 is 0. The molecule has 0 bridgehead atoms. The number of nitrogens with one attached hydrogen (secondary N) is 1. The molecule has 0 amide bonds. The minimum atomic E-state index is -3.68. The first kappa shape index (κ1) is 19.4. The maximum atomic E-state index is 12.7. The van der Waals surface area contributed by atoms with Crippen LogP contribution in [0.1, 0.15) is 12.5 Å². The Morgan fingerprint density at radius 2 is 1.89 bits per heavy atom. The molecule has 1 saturated heterocycles. The molecule has 146 valence electrons. The third-order valence-electron chi connectivity index (χ3n) is 4.82. The van der Waals surface area contributed by atoms with E-state index in [4.69, 9.17) is 4.74 Å². The fourth-order valence-corrected chi connectivity index (χ4v) is 4.46. The molecule has 7 nitrogen and oxygen atoms in total. The second-order valence-electron chi connectivity index (χ2n) is 6.56. The summed E-state index contributed by atoms with van der Waals surface area (Å²) in [7, 11) is -2.13. The number of rotatable bonds is 6. The Morgan fingerprint density at radius 3 is 2.44 bits per heavy atom. The molecule has 0 aliphatic carbocycles. The van der Waals surface area contributed by atoms with Crippen LogP contribution in [-0.4, -0.2) is 58.1 Å². The molecule has 1 fully saturated rings. The van der Waals surface area contributed by atoms with Crippen molar-refractivity contribution in [2.24, 2.45) is 0 Å². The molecule has 0 unspecified atom stereocenters. The van der Waals surface area contributed by atoms with Crippen LogP contribution in [0.15, 0.2) is 41.4 Å². The first-order valence-electron chi connectivity index (χ1n) is 9.04. The third kappa shape index (κ3) is 4.51. The van der Waals surface area contributed by atoms with Crippen molar-refractivity contribution in [1.82, 2.24) is 9.88 Å². The zero-order valence-corrected chi connectivity index (χ0v) is 16.8. The van der Waals surface area contributed by atoms with Gasteiger partial charge >= 0.3 is 0 Å². The second-order valence-corrected chi connectivity index (χ2v) is 8.21. The third-order valence-corrected chi connectivity index (χ3v) is 6.36. The van der Waals surface area contributed by atoms with E-state index in [1.165, 1.54) is 0 Å². The highest BCUT2D eigenvalue weighted by Gasteiger charge is 2.19. The summed E-state index contributed by atoms with van der Waals surface area (Å²) < 4.78 is 33.1. The Balaban J connectivity index is 1.70. The zero-order valence-electron chi connectivity index (χ0n) is 16.0. The Bertz CT molecular complexity index is 876. The van der Waals surface area contributed by atoms with Gasteiger partial charge in [0, 0.05) is 26.2 Å². The van der Waals surface area contributed by atoms with E-state index < -0.39 is 10.0 Å². The van der Waals surface area contributed by atoms with Crippen LogP contribution in [0.4, 0.5) is 11.5 Å². The van der Waals surface area contributed by atoms with E-state index in [1.54, 1.807) is 44.5 Å². The molecule has 3 rings (SSSR count). The fourth-order valence-electron chi connectivity index (χ4n) is 3.19. The van der Waals surface area contributed by atoms with Gasteiger partial charge in [-0.25, -0.2) is 13.4 Å². The van der Waals surface area contributed by atoms with Gasteiger partial charge in [-0.3, -0.25) is 4.72 Å². The van der Waals surface area contributed by atoms with E-state index in [1.807, 2.05) is 6.07 Å². The lowest BCUT2D eigenvalue weighted by Gasteiger charge is -2.34. The lowest BCUT2D eigenvalue weighted by molar-refractivity contribution is 0.270. The molecular formula is C19H26N4O3S. The van der Waals surface area contributed by atoms with Gasteiger partial charge in [-0.05, 0) is 49.4 Å². The first-order valence-corrected chi connectivity index (χ1v) is 10.5. The molecular weight excluding hydrogens is 364 g/mol. The molecule has 2 heterocycles. The van der Waals surface area contributed by atoms with Crippen LogP contribution in [0.5, 0.6) is 5.75 Å². The molecule has 0 radical (unpaired) electrons. The van der Waals surface area contributed by atoms with Gasteiger partial charge in [-0.2, -0.15) is 0 Å². The van der Waals surface area contributed by atoms with Crippen LogP contribution in [0.25, 0.3) is 0 Å². The molecule has 1 aliphatic rings. The van der Waals surface area contributed by atoms with E-state index in [2.05, 4.69) is 26.4 Å². The Hall–Kier alpha value is -2.32. The van der Waals surface area contributed by atoms with Crippen molar-refractivity contribution in [3.63, 3.8) is 0 Å². The van der Waals surface area contributed by atoms with Gasteiger partial charge in [0.15, 0.2) is 0 Å². The number of hydrogen-bond donors (Lipinski definition) is 1. The number of piperazine rings is 1. The van der Waals surface area contributed by atoms with Gasteiger partial charge in [0.25, 0.3) is 10.0 Å². The predicted molar refractivity (Wildman–Crippen MR) is 107 cm³/mol. The number of nitrogens with zero attached hydrogens (tertiary/aromatic N) is 3. The highest BCUT2D eigenvalue weighted by molar-refractivity contribution is 7.92. The number of benzene rings is 1. The number of hydrogen-bond acceptors (Lipinski definition) is 6. The molecule has 27 heavy (non-hydrogen) atoms. The van der Waals surface area contributed by atoms with Crippen molar-refractivity contribution in [2.75, 3.05) is 49.5 Å². The van der Waals surface area contributed by atoms with E-state index in [9.17, 15) is 8.42 Å². The van der Waals surface area contributed by atoms with Gasteiger partial charge in [0.1, 0.15) is 11.6 Å². The van der Waals surface area contributed by atoms with Gasteiger partial charge in [0.2, 0.25) is 0 Å². The number of anilines is 2. The predicted octanol–water partition coefficient (Wildman–Crippen LogP) is 2.34. The van der Waals surface area contributed by atoms with E-state index >= 15 is 0 Å². The van der Waals surface area contributed by atoms with Crippen LogP contribution < -0.4 is 14.4 Å². The number of likely N-dealkylation sites (N-methyl/N-ethyl adjacent to an activating group) is 1. The molecule has 1 aromatic heterocycles. The van der Waals surface area contributed by atoms with E-state index in [-0.39, 0.29) is 4.90 Å². The molecule has 1 N–H and O–H groups in total. The summed E-state index contributed by atoms with van der Waals surface area (Å²) in [5, 5.41) is 0. The minimum Gasteiger partial charge on any atom is -0.497 e.